The first-order chi connectivity index (χ1) is 15.2. The average molecular weight is 450 g/mol. The number of para-hydroxylation sites is 2. The minimum Gasteiger partial charge on any atom is -0.324 e. The Morgan fingerprint density at radius 1 is 0.677 bits per heavy atom. The van der Waals surface area contributed by atoms with Crippen LogP contribution >= 0.6 is 23.2 Å². The van der Waals surface area contributed by atoms with Gasteiger partial charge in [0.25, 0.3) is 5.95 Å². The van der Waals surface area contributed by atoms with E-state index in [0.29, 0.717) is 28.5 Å². The first kappa shape index (κ1) is 20.7. The molecule has 3 aromatic carbocycles. The molecule has 154 valence electrons. The van der Waals surface area contributed by atoms with Crippen molar-refractivity contribution in [2.45, 2.75) is 6.54 Å². The van der Waals surface area contributed by atoms with Gasteiger partial charge >= 0.3 is 0 Å². The average Bonchev–Trinajstić information content (AvgIpc) is 2.77. The van der Waals surface area contributed by atoms with E-state index in [-0.39, 0.29) is 5.95 Å². The molecule has 0 spiro atoms. The lowest BCUT2D eigenvalue weighted by molar-refractivity contribution is 0.917. The van der Waals surface area contributed by atoms with Crippen LogP contribution in [0.15, 0.2) is 89.1 Å². The van der Waals surface area contributed by atoms with E-state index in [2.05, 4.69) is 35.8 Å². The number of anilines is 4. The van der Waals surface area contributed by atoms with Gasteiger partial charge < -0.3 is 10.6 Å². The van der Waals surface area contributed by atoms with Crippen LogP contribution in [0.4, 0.5) is 29.2 Å². The predicted molar refractivity (Wildman–Crippen MR) is 124 cm³/mol. The summed E-state index contributed by atoms with van der Waals surface area (Å²) in [6, 6.07) is 24.5. The molecule has 0 amide bonds. The molecule has 7 nitrogen and oxygen atoms in total. The number of aromatic nitrogens is 3. The van der Waals surface area contributed by atoms with Crippen molar-refractivity contribution < 1.29 is 0 Å². The molecule has 0 aliphatic rings. The summed E-state index contributed by atoms with van der Waals surface area (Å²) in [7, 11) is 0. The van der Waals surface area contributed by atoms with Crippen molar-refractivity contribution in [1.82, 2.24) is 15.0 Å². The number of benzene rings is 3. The third-order valence-corrected chi connectivity index (χ3v) is 4.82. The van der Waals surface area contributed by atoms with Gasteiger partial charge in [0.2, 0.25) is 11.9 Å². The zero-order chi connectivity index (χ0) is 21.5. The number of hydrogen-bond donors (Lipinski definition) is 2. The highest BCUT2D eigenvalue weighted by atomic mass is 35.5. The van der Waals surface area contributed by atoms with Gasteiger partial charge in [-0.05, 0) is 42.0 Å². The van der Waals surface area contributed by atoms with Crippen molar-refractivity contribution in [3.63, 3.8) is 0 Å². The Kier molecular flexibility index (Phi) is 6.66. The maximum atomic E-state index is 6.05. The van der Waals surface area contributed by atoms with E-state index in [1.54, 1.807) is 12.1 Å². The van der Waals surface area contributed by atoms with Gasteiger partial charge in [-0.25, -0.2) is 0 Å². The van der Waals surface area contributed by atoms with E-state index < -0.39 is 0 Å². The lowest BCUT2D eigenvalue weighted by Gasteiger charge is -2.08. The van der Waals surface area contributed by atoms with Crippen LogP contribution in [-0.2, 0) is 6.54 Å². The standard InChI is InChI=1S/C22H17Cl2N7/c23-18-12-11-15(13-19(18)24)14-25-31-22-29-20(26-16-7-3-1-4-8-16)28-21(30-22)27-17-9-5-2-6-10-17/h1-13H,14H2,(H2,26,27,28,29,30). The Hall–Kier alpha value is -3.55. The number of halogens is 2. The maximum absolute atomic E-state index is 6.05. The Balaban J connectivity index is 1.57. The monoisotopic (exact) mass is 449 g/mol. The molecule has 31 heavy (non-hydrogen) atoms. The van der Waals surface area contributed by atoms with Gasteiger partial charge in [0.05, 0.1) is 16.6 Å². The quantitative estimate of drug-likeness (QED) is 0.298. The van der Waals surface area contributed by atoms with Crippen LogP contribution in [0, 0.1) is 0 Å². The van der Waals surface area contributed by atoms with Gasteiger partial charge in [0.1, 0.15) is 0 Å². The van der Waals surface area contributed by atoms with Crippen LogP contribution in [0.25, 0.3) is 0 Å². The molecule has 0 fully saturated rings. The first-order valence-electron chi connectivity index (χ1n) is 9.37. The van der Waals surface area contributed by atoms with Crippen molar-refractivity contribution in [2.24, 2.45) is 10.2 Å². The fourth-order valence-electron chi connectivity index (χ4n) is 2.64. The molecular weight excluding hydrogens is 433 g/mol. The number of rotatable bonds is 7. The predicted octanol–water partition coefficient (Wildman–Crippen LogP) is 6.95. The Morgan fingerprint density at radius 3 is 1.81 bits per heavy atom. The minimum absolute atomic E-state index is 0.173. The molecule has 0 radical (unpaired) electrons. The van der Waals surface area contributed by atoms with Crippen LogP contribution in [0.1, 0.15) is 5.56 Å². The van der Waals surface area contributed by atoms with Crippen molar-refractivity contribution in [2.75, 3.05) is 10.6 Å². The fraction of sp³-hybridized carbons (Fsp3) is 0.0455. The fourth-order valence-corrected chi connectivity index (χ4v) is 2.96. The Bertz CT molecular complexity index is 1130. The summed E-state index contributed by atoms with van der Waals surface area (Å²) in [5.74, 6) is 0.873. The molecular formula is C22H17Cl2N7. The van der Waals surface area contributed by atoms with Gasteiger partial charge in [-0.3, -0.25) is 0 Å². The topological polar surface area (TPSA) is 87.5 Å². The van der Waals surface area contributed by atoms with Gasteiger partial charge in [0, 0.05) is 11.4 Å². The van der Waals surface area contributed by atoms with Crippen molar-refractivity contribution in [3.05, 3.63) is 94.5 Å². The first-order valence-corrected chi connectivity index (χ1v) is 10.1. The molecule has 4 rings (SSSR count). The molecule has 0 unspecified atom stereocenters. The van der Waals surface area contributed by atoms with E-state index in [9.17, 15) is 0 Å². The summed E-state index contributed by atoms with van der Waals surface area (Å²) in [6.07, 6.45) is 0. The third-order valence-electron chi connectivity index (χ3n) is 4.08. The summed E-state index contributed by atoms with van der Waals surface area (Å²) in [5, 5.41) is 15.6. The third kappa shape index (κ3) is 5.97. The zero-order valence-electron chi connectivity index (χ0n) is 16.2. The summed E-state index contributed by atoms with van der Waals surface area (Å²) < 4.78 is 0. The summed E-state index contributed by atoms with van der Waals surface area (Å²) in [4.78, 5) is 13.1. The number of nitrogens with zero attached hydrogens (tertiary/aromatic N) is 5. The van der Waals surface area contributed by atoms with Crippen LogP contribution in [0.2, 0.25) is 10.0 Å². The zero-order valence-corrected chi connectivity index (χ0v) is 17.7. The molecule has 0 bridgehead atoms. The van der Waals surface area contributed by atoms with Crippen LogP contribution in [-0.4, -0.2) is 15.0 Å². The summed E-state index contributed by atoms with van der Waals surface area (Å²) in [5.41, 5.74) is 2.56. The Labute approximate surface area is 189 Å². The number of hydrogen-bond acceptors (Lipinski definition) is 7. The molecule has 1 heterocycles. The van der Waals surface area contributed by atoms with E-state index in [1.807, 2.05) is 66.7 Å². The highest BCUT2D eigenvalue weighted by Gasteiger charge is 2.08. The van der Waals surface area contributed by atoms with Crippen LogP contribution < -0.4 is 10.6 Å². The lowest BCUT2D eigenvalue weighted by atomic mass is 10.2. The smallest absolute Gasteiger partial charge is 0.275 e. The molecule has 9 heteroatoms. The lowest BCUT2D eigenvalue weighted by Crippen LogP contribution is -2.03. The van der Waals surface area contributed by atoms with Crippen molar-refractivity contribution in [3.8, 4) is 0 Å². The van der Waals surface area contributed by atoms with Gasteiger partial charge in [-0.15, -0.1) is 5.11 Å². The van der Waals surface area contributed by atoms with E-state index in [1.165, 1.54) is 0 Å². The van der Waals surface area contributed by atoms with Crippen molar-refractivity contribution >= 4 is 52.4 Å². The minimum atomic E-state index is 0.173. The Morgan fingerprint density at radius 2 is 1.26 bits per heavy atom. The molecule has 0 atom stereocenters. The molecule has 1 aromatic heterocycles. The molecule has 0 aliphatic carbocycles. The van der Waals surface area contributed by atoms with Gasteiger partial charge in [0.15, 0.2) is 0 Å². The molecule has 4 aromatic rings. The van der Waals surface area contributed by atoms with Crippen LogP contribution in [0.5, 0.6) is 0 Å². The van der Waals surface area contributed by atoms with Crippen LogP contribution in [0.3, 0.4) is 0 Å². The van der Waals surface area contributed by atoms with E-state index >= 15 is 0 Å². The van der Waals surface area contributed by atoms with E-state index in [4.69, 9.17) is 23.2 Å². The number of azo groups is 1. The van der Waals surface area contributed by atoms with Gasteiger partial charge in [-0.1, -0.05) is 65.7 Å². The molecule has 0 aliphatic heterocycles. The molecule has 2 N–H and O–H groups in total. The van der Waals surface area contributed by atoms with E-state index in [0.717, 1.165) is 16.9 Å². The largest absolute Gasteiger partial charge is 0.324 e. The number of nitrogens with one attached hydrogen (secondary N) is 2. The molecule has 0 saturated heterocycles. The maximum Gasteiger partial charge on any atom is 0.275 e. The SMILES string of the molecule is Clc1ccc(CN=Nc2nc(Nc3ccccc3)nc(Nc3ccccc3)n2)cc1Cl. The normalized spacial score (nSPS) is 10.9. The second-order valence-corrected chi connectivity index (χ2v) is 7.23. The second-order valence-electron chi connectivity index (χ2n) is 6.41. The van der Waals surface area contributed by atoms with Gasteiger partial charge in [-0.2, -0.15) is 20.1 Å². The molecule has 0 saturated carbocycles. The second kappa shape index (κ2) is 9.97. The highest BCUT2D eigenvalue weighted by Crippen LogP contribution is 2.24. The van der Waals surface area contributed by atoms with Crippen molar-refractivity contribution in [1.29, 1.82) is 0 Å². The summed E-state index contributed by atoms with van der Waals surface area (Å²) in [6.45, 7) is 0.311. The summed E-state index contributed by atoms with van der Waals surface area (Å²) >= 11 is 12.0. The highest BCUT2D eigenvalue weighted by molar-refractivity contribution is 6.42.